The Kier molecular flexibility index (Phi) is 2.05. The minimum absolute atomic E-state index is 0.0136. The highest BCUT2D eigenvalue weighted by Crippen LogP contribution is 1.82. The second-order valence-electron chi connectivity index (χ2n) is 1.93. The molecule has 0 saturated carbocycles. The van der Waals surface area contributed by atoms with Crippen molar-refractivity contribution >= 4 is 0 Å². The average Bonchev–Trinajstić information content (AvgIpc) is 1.95. The lowest BCUT2D eigenvalue weighted by atomic mass is 10.4. The summed E-state index contributed by atoms with van der Waals surface area (Å²) < 4.78 is 1.76. The van der Waals surface area contributed by atoms with Crippen LogP contribution in [0.5, 0.6) is 0 Å². The molecule has 0 atom stereocenters. The number of rotatable bonds is 2. The van der Waals surface area contributed by atoms with E-state index in [4.69, 9.17) is 0 Å². The van der Waals surface area contributed by atoms with Gasteiger partial charge < -0.3 is 4.57 Å². The molecule has 0 unspecified atom stereocenters. The predicted molar refractivity (Wildman–Crippen MR) is 39.7 cm³/mol. The highest BCUT2D eigenvalue weighted by atomic mass is 16.1. The fourth-order valence-corrected chi connectivity index (χ4v) is 0.654. The summed E-state index contributed by atoms with van der Waals surface area (Å²) in [6.07, 6.45) is 6.21. The smallest absolute Gasteiger partial charge is 0.182 e. The largest absolute Gasteiger partial charge is 0.342 e. The summed E-state index contributed by atoms with van der Waals surface area (Å²) in [4.78, 5) is 10.6. The van der Waals surface area contributed by atoms with E-state index in [0.29, 0.717) is 6.54 Å². The van der Waals surface area contributed by atoms with Crippen LogP contribution in [0.4, 0.5) is 0 Å². The van der Waals surface area contributed by atoms with Gasteiger partial charge in [-0.05, 0) is 0 Å². The van der Waals surface area contributed by atoms with E-state index in [9.17, 15) is 4.79 Å². The van der Waals surface area contributed by atoms with Crippen LogP contribution in [0.3, 0.4) is 0 Å². The molecule has 0 aliphatic rings. The molecule has 0 saturated heterocycles. The summed E-state index contributed by atoms with van der Waals surface area (Å²) in [7, 11) is 0. The number of nitrogens with zero attached hydrogens (tertiary/aromatic N) is 1. The highest BCUT2D eigenvalue weighted by molar-refractivity contribution is 4.93. The third-order valence-corrected chi connectivity index (χ3v) is 1.12. The van der Waals surface area contributed by atoms with E-state index < -0.39 is 0 Å². The molecule has 2 nitrogen and oxygen atoms in total. The van der Waals surface area contributed by atoms with Gasteiger partial charge in [0.1, 0.15) is 0 Å². The molecular weight excluding hydrogens is 126 g/mol. The van der Waals surface area contributed by atoms with Gasteiger partial charge in [0, 0.05) is 24.9 Å². The Balaban J connectivity index is 2.89. The molecule has 10 heavy (non-hydrogen) atoms. The summed E-state index contributed by atoms with van der Waals surface area (Å²) in [5, 5.41) is 0. The van der Waals surface area contributed by atoms with E-state index in [-0.39, 0.29) is 5.43 Å². The molecule has 1 rings (SSSR count). The molecular formula is C8H8NO. The fourth-order valence-electron chi connectivity index (χ4n) is 0.654. The van der Waals surface area contributed by atoms with Crippen LogP contribution in [-0.2, 0) is 6.54 Å². The van der Waals surface area contributed by atoms with Crippen molar-refractivity contribution < 1.29 is 0 Å². The van der Waals surface area contributed by atoms with Gasteiger partial charge in [-0.2, -0.15) is 0 Å². The first-order valence-electron chi connectivity index (χ1n) is 3.02. The Labute approximate surface area is 59.4 Å². The van der Waals surface area contributed by atoms with Crippen molar-refractivity contribution in [3.8, 4) is 0 Å². The molecule has 1 aromatic rings. The van der Waals surface area contributed by atoms with Crippen LogP contribution < -0.4 is 5.43 Å². The van der Waals surface area contributed by atoms with Crippen molar-refractivity contribution in [3.05, 3.63) is 47.4 Å². The summed E-state index contributed by atoms with van der Waals surface area (Å²) in [6, 6.07) is 2.91. The third kappa shape index (κ3) is 1.58. The molecule has 0 spiro atoms. The maximum atomic E-state index is 10.6. The maximum Gasteiger partial charge on any atom is 0.182 e. The molecule has 51 valence electrons. The van der Waals surface area contributed by atoms with Crippen LogP contribution in [-0.4, -0.2) is 4.57 Å². The van der Waals surface area contributed by atoms with Crippen LogP contribution in [0.2, 0.25) is 0 Å². The first kappa shape index (κ1) is 6.81. The van der Waals surface area contributed by atoms with Gasteiger partial charge >= 0.3 is 0 Å². The molecule has 1 radical (unpaired) electrons. The fraction of sp³-hybridized carbons (Fsp3) is 0.125. The van der Waals surface area contributed by atoms with Gasteiger partial charge in [-0.3, -0.25) is 4.79 Å². The lowest BCUT2D eigenvalue weighted by Gasteiger charge is -1.97. The maximum absolute atomic E-state index is 10.6. The van der Waals surface area contributed by atoms with Gasteiger partial charge in [0.15, 0.2) is 5.43 Å². The summed E-state index contributed by atoms with van der Waals surface area (Å²) >= 11 is 0. The molecule has 0 aliphatic carbocycles. The Morgan fingerprint density at radius 1 is 1.80 bits per heavy atom. The minimum Gasteiger partial charge on any atom is -0.342 e. The number of aromatic nitrogens is 1. The quantitative estimate of drug-likeness (QED) is 0.549. The summed E-state index contributed by atoms with van der Waals surface area (Å²) in [6.45, 7) is 4.25. The molecule has 0 amide bonds. The lowest BCUT2D eigenvalue weighted by molar-refractivity contribution is 0.805. The molecule has 0 aromatic carbocycles. The van der Waals surface area contributed by atoms with E-state index in [2.05, 4.69) is 12.8 Å². The van der Waals surface area contributed by atoms with E-state index >= 15 is 0 Å². The molecule has 1 aromatic heterocycles. The zero-order valence-electron chi connectivity index (χ0n) is 5.58. The van der Waals surface area contributed by atoms with Gasteiger partial charge in [-0.15, -0.1) is 6.58 Å². The number of pyridine rings is 1. The van der Waals surface area contributed by atoms with Crippen molar-refractivity contribution in [3.63, 3.8) is 0 Å². The van der Waals surface area contributed by atoms with Crippen LogP contribution in [0, 0.1) is 6.20 Å². The Morgan fingerprint density at radius 3 is 3.10 bits per heavy atom. The van der Waals surface area contributed by atoms with Crippen LogP contribution in [0.25, 0.3) is 0 Å². The van der Waals surface area contributed by atoms with Crippen LogP contribution in [0.1, 0.15) is 0 Å². The van der Waals surface area contributed by atoms with E-state index in [1.54, 1.807) is 16.8 Å². The van der Waals surface area contributed by atoms with Crippen molar-refractivity contribution in [1.82, 2.24) is 4.57 Å². The second kappa shape index (κ2) is 3.01. The van der Waals surface area contributed by atoms with Gasteiger partial charge in [-0.1, -0.05) is 6.08 Å². The normalized spacial score (nSPS) is 9.20. The van der Waals surface area contributed by atoms with E-state index in [1.807, 2.05) is 0 Å². The van der Waals surface area contributed by atoms with Crippen molar-refractivity contribution in [2.45, 2.75) is 6.54 Å². The van der Waals surface area contributed by atoms with Crippen LogP contribution in [0.15, 0.2) is 35.8 Å². The van der Waals surface area contributed by atoms with Gasteiger partial charge in [0.2, 0.25) is 0 Å². The Hall–Kier alpha value is -1.31. The van der Waals surface area contributed by atoms with Crippen molar-refractivity contribution in [2.24, 2.45) is 0 Å². The number of hydrogen-bond acceptors (Lipinski definition) is 1. The zero-order valence-corrected chi connectivity index (χ0v) is 5.58. The topological polar surface area (TPSA) is 22.0 Å². The number of hydrogen-bond donors (Lipinski definition) is 0. The zero-order chi connectivity index (χ0) is 7.40. The Morgan fingerprint density at radius 2 is 2.60 bits per heavy atom. The number of allylic oxidation sites excluding steroid dienone is 1. The van der Waals surface area contributed by atoms with Crippen molar-refractivity contribution in [2.75, 3.05) is 0 Å². The highest BCUT2D eigenvalue weighted by Gasteiger charge is 1.83. The van der Waals surface area contributed by atoms with Gasteiger partial charge in [0.25, 0.3) is 0 Å². The van der Waals surface area contributed by atoms with Gasteiger partial charge in [0.05, 0.1) is 6.20 Å². The Bertz CT molecular complexity index is 254. The monoisotopic (exact) mass is 134 g/mol. The van der Waals surface area contributed by atoms with Crippen LogP contribution >= 0.6 is 0 Å². The predicted octanol–water partition coefficient (Wildman–Crippen LogP) is 0.834. The molecule has 2 heteroatoms. The molecule has 0 aliphatic heterocycles. The van der Waals surface area contributed by atoms with Gasteiger partial charge in [-0.25, -0.2) is 0 Å². The summed E-state index contributed by atoms with van der Waals surface area (Å²) in [5.74, 6) is 0. The molecule has 1 heterocycles. The second-order valence-corrected chi connectivity index (χ2v) is 1.93. The summed E-state index contributed by atoms with van der Waals surface area (Å²) in [5.41, 5.74) is -0.0136. The minimum atomic E-state index is -0.0136. The molecule has 0 fully saturated rings. The van der Waals surface area contributed by atoms with E-state index in [1.165, 1.54) is 12.1 Å². The molecule has 0 N–H and O–H groups in total. The first-order chi connectivity index (χ1) is 4.83. The first-order valence-corrected chi connectivity index (χ1v) is 3.02. The van der Waals surface area contributed by atoms with E-state index in [0.717, 1.165) is 0 Å². The average molecular weight is 134 g/mol. The lowest BCUT2D eigenvalue weighted by Crippen LogP contribution is -2.02. The SMILES string of the molecule is C=CCn1[c]cc(=O)cc1. The molecule has 0 bridgehead atoms. The third-order valence-electron chi connectivity index (χ3n) is 1.12. The standard InChI is InChI=1S/C8H8NO/c1-2-5-9-6-3-8(10)4-7-9/h2-4,6H,1,5H2. The van der Waals surface area contributed by atoms with Crippen molar-refractivity contribution in [1.29, 1.82) is 0 Å².